The standard InChI is InChI=1S/C25H18FN7O2/c1-14(30-24(34)20-22(28)31-32-12-6-11-29-23(20)32)21-17(13-27)16-9-5-10-18(26)19(16)25(35)33(21)15-7-3-2-4-8-15/h2-12,14H,1H3,(H2,28,31)(H,30,34). The molecule has 5 rings (SSSR count). The number of nitriles is 1. The third kappa shape index (κ3) is 3.46. The molecule has 0 aliphatic carbocycles. The Morgan fingerprint density at radius 1 is 1.17 bits per heavy atom. The van der Waals surface area contributed by atoms with Crippen LogP contribution in [0.4, 0.5) is 10.2 Å². The second kappa shape index (κ2) is 8.39. The van der Waals surface area contributed by atoms with Crippen LogP contribution in [-0.4, -0.2) is 25.1 Å². The highest BCUT2D eigenvalue weighted by atomic mass is 19.1. The first-order valence-corrected chi connectivity index (χ1v) is 10.6. The van der Waals surface area contributed by atoms with E-state index in [9.17, 15) is 19.2 Å². The van der Waals surface area contributed by atoms with Gasteiger partial charge in [-0.15, -0.1) is 5.10 Å². The van der Waals surface area contributed by atoms with E-state index in [1.54, 1.807) is 49.5 Å². The number of carbonyl (C=O) groups is 1. The van der Waals surface area contributed by atoms with Crippen LogP contribution < -0.4 is 16.6 Å². The molecule has 3 aromatic heterocycles. The van der Waals surface area contributed by atoms with Crippen LogP contribution in [0.25, 0.3) is 22.1 Å². The van der Waals surface area contributed by atoms with Crippen molar-refractivity contribution in [1.82, 2.24) is 24.5 Å². The number of para-hydroxylation sites is 1. The van der Waals surface area contributed by atoms with Crippen molar-refractivity contribution in [2.75, 3.05) is 5.73 Å². The van der Waals surface area contributed by atoms with E-state index in [2.05, 4.69) is 21.5 Å². The maximum Gasteiger partial charge on any atom is 0.266 e. The lowest BCUT2D eigenvalue weighted by molar-refractivity contribution is 0.0941. The summed E-state index contributed by atoms with van der Waals surface area (Å²) in [6.07, 6.45) is 3.12. The Morgan fingerprint density at radius 2 is 1.94 bits per heavy atom. The monoisotopic (exact) mass is 467 g/mol. The number of fused-ring (bicyclic) bond motifs is 2. The zero-order valence-electron chi connectivity index (χ0n) is 18.4. The predicted molar refractivity (Wildman–Crippen MR) is 127 cm³/mol. The summed E-state index contributed by atoms with van der Waals surface area (Å²) in [6, 6.07) is 15.6. The molecule has 3 N–H and O–H groups in total. The molecule has 0 aliphatic rings. The maximum absolute atomic E-state index is 14.8. The molecule has 35 heavy (non-hydrogen) atoms. The molecule has 1 amide bonds. The van der Waals surface area contributed by atoms with Crippen LogP contribution in [0.1, 0.15) is 34.6 Å². The van der Waals surface area contributed by atoms with E-state index in [-0.39, 0.29) is 39.1 Å². The van der Waals surface area contributed by atoms with Crippen LogP contribution in [0, 0.1) is 17.1 Å². The van der Waals surface area contributed by atoms with Crippen molar-refractivity contribution in [2.24, 2.45) is 0 Å². The smallest absolute Gasteiger partial charge is 0.266 e. The number of aromatic nitrogens is 4. The first-order valence-electron chi connectivity index (χ1n) is 10.6. The van der Waals surface area contributed by atoms with E-state index >= 15 is 0 Å². The first kappa shape index (κ1) is 21.8. The van der Waals surface area contributed by atoms with Crippen LogP contribution in [0.15, 0.2) is 71.8 Å². The van der Waals surface area contributed by atoms with Crippen molar-refractivity contribution < 1.29 is 9.18 Å². The fourth-order valence-electron chi connectivity index (χ4n) is 4.24. The van der Waals surface area contributed by atoms with Gasteiger partial charge < -0.3 is 11.1 Å². The van der Waals surface area contributed by atoms with Gasteiger partial charge >= 0.3 is 0 Å². The van der Waals surface area contributed by atoms with Gasteiger partial charge in [-0.1, -0.05) is 30.3 Å². The number of anilines is 1. The number of carbonyl (C=O) groups excluding carboxylic acids is 1. The van der Waals surface area contributed by atoms with Gasteiger partial charge in [0.15, 0.2) is 11.5 Å². The van der Waals surface area contributed by atoms with Gasteiger partial charge in [0, 0.05) is 23.5 Å². The second-order valence-corrected chi connectivity index (χ2v) is 7.85. The predicted octanol–water partition coefficient (Wildman–Crippen LogP) is 3.12. The molecular formula is C25H18FN7O2. The lowest BCUT2D eigenvalue weighted by Crippen LogP contribution is -2.33. The third-order valence-corrected chi connectivity index (χ3v) is 5.73. The average Bonchev–Trinajstić information content (AvgIpc) is 3.20. The lowest BCUT2D eigenvalue weighted by Gasteiger charge is -2.22. The number of hydrogen-bond donors (Lipinski definition) is 2. The number of pyridine rings is 1. The molecule has 0 bridgehead atoms. The topological polar surface area (TPSA) is 131 Å². The normalized spacial score (nSPS) is 11.9. The van der Waals surface area contributed by atoms with E-state index in [4.69, 9.17) is 5.73 Å². The summed E-state index contributed by atoms with van der Waals surface area (Å²) in [6.45, 7) is 1.63. The molecule has 0 radical (unpaired) electrons. The lowest BCUT2D eigenvalue weighted by atomic mass is 9.99. The number of nitrogens with two attached hydrogens (primary N) is 1. The minimum Gasteiger partial charge on any atom is -0.381 e. The highest BCUT2D eigenvalue weighted by Crippen LogP contribution is 2.28. The molecule has 9 nitrogen and oxygen atoms in total. The minimum atomic E-state index is -0.851. The van der Waals surface area contributed by atoms with E-state index in [1.165, 1.54) is 33.5 Å². The third-order valence-electron chi connectivity index (χ3n) is 5.73. The van der Waals surface area contributed by atoms with Gasteiger partial charge in [-0.25, -0.2) is 13.9 Å². The van der Waals surface area contributed by atoms with Gasteiger partial charge in [-0.3, -0.25) is 14.2 Å². The number of halogens is 1. The summed E-state index contributed by atoms with van der Waals surface area (Å²) < 4.78 is 17.4. The van der Waals surface area contributed by atoms with Crippen molar-refractivity contribution in [3.8, 4) is 11.8 Å². The molecule has 10 heteroatoms. The van der Waals surface area contributed by atoms with Gasteiger partial charge in [0.25, 0.3) is 11.5 Å². The molecule has 2 aromatic carbocycles. The van der Waals surface area contributed by atoms with E-state index < -0.39 is 23.3 Å². The van der Waals surface area contributed by atoms with E-state index in [0.29, 0.717) is 5.69 Å². The van der Waals surface area contributed by atoms with Gasteiger partial charge in [-0.05, 0) is 31.2 Å². The molecule has 0 saturated carbocycles. The molecule has 5 aromatic rings. The van der Waals surface area contributed by atoms with Gasteiger partial charge in [0.2, 0.25) is 0 Å². The number of hydrogen-bond acceptors (Lipinski definition) is 6. The number of nitrogens with one attached hydrogen (secondary N) is 1. The molecule has 1 atom stereocenters. The fraction of sp³-hybridized carbons (Fsp3) is 0.0800. The molecule has 0 fully saturated rings. The Kier molecular flexibility index (Phi) is 5.22. The Bertz CT molecular complexity index is 1720. The molecule has 0 spiro atoms. The van der Waals surface area contributed by atoms with Gasteiger partial charge in [0.05, 0.1) is 22.7 Å². The van der Waals surface area contributed by atoms with Crippen molar-refractivity contribution in [2.45, 2.75) is 13.0 Å². The van der Waals surface area contributed by atoms with Crippen LogP contribution in [0.2, 0.25) is 0 Å². The number of benzene rings is 2. The summed E-state index contributed by atoms with van der Waals surface area (Å²) in [7, 11) is 0. The fourth-order valence-corrected chi connectivity index (χ4v) is 4.24. The number of nitrogens with zero attached hydrogens (tertiary/aromatic N) is 5. The molecule has 172 valence electrons. The zero-order valence-corrected chi connectivity index (χ0v) is 18.4. The minimum absolute atomic E-state index is 0.0186. The highest BCUT2D eigenvalue weighted by molar-refractivity contribution is 6.04. The van der Waals surface area contributed by atoms with E-state index in [1.807, 2.05) is 0 Å². The van der Waals surface area contributed by atoms with Crippen molar-refractivity contribution >= 4 is 28.1 Å². The van der Waals surface area contributed by atoms with Crippen molar-refractivity contribution in [1.29, 1.82) is 5.26 Å². The summed E-state index contributed by atoms with van der Waals surface area (Å²) in [5.74, 6) is -1.34. The molecule has 0 saturated heterocycles. The molecule has 1 unspecified atom stereocenters. The highest BCUT2D eigenvalue weighted by Gasteiger charge is 2.27. The van der Waals surface area contributed by atoms with Crippen LogP contribution >= 0.6 is 0 Å². The summed E-state index contributed by atoms with van der Waals surface area (Å²) >= 11 is 0. The van der Waals surface area contributed by atoms with Gasteiger partial charge in [0.1, 0.15) is 17.4 Å². The van der Waals surface area contributed by atoms with Crippen LogP contribution in [0.5, 0.6) is 0 Å². The SMILES string of the molecule is CC(NC(=O)c1c(N)nn2cccnc12)c1c(C#N)c2cccc(F)c2c(=O)n1-c1ccccc1. The second-order valence-electron chi connectivity index (χ2n) is 7.85. The number of rotatable bonds is 4. The number of nitrogen functional groups attached to an aromatic ring is 1. The van der Waals surface area contributed by atoms with Crippen molar-refractivity contribution in [3.63, 3.8) is 0 Å². The Labute approximate surface area is 197 Å². The molecule has 0 aliphatic heterocycles. The largest absolute Gasteiger partial charge is 0.381 e. The number of amides is 1. The summed E-state index contributed by atoms with van der Waals surface area (Å²) in [5, 5.41) is 16.9. The Morgan fingerprint density at radius 3 is 2.69 bits per heavy atom. The summed E-state index contributed by atoms with van der Waals surface area (Å²) in [5.41, 5.74) is 6.36. The van der Waals surface area contributed by atoms with Crippen molar-refractivity contribution in [3.05, 3.63) is 100.0 Å². The summed E-state index contributed by atoms with van der Waals surface area (Å²) in [4.78, 5) is 31.0. The van der Waals surface area contributed by atoms with Crippen LogP contribution in [-0.2, 0) is 0 Å². The zero-order chi connectivity index (χ0) is 24.7. The Hall–Kier alpha value is -5.04. The van der Waals surface area contributed by atoms with Crippen LogP contribution in [0.3, 0.4) is 0 Å². The average molecular weight is 467 g/mol. The van der Waals surface area contributed by atoms with E-state index in [0.717, 1.165) is 0 Å². The van der Waals surface area contributed by atoms with Gasteiger partial charge in [-0.2, -0.15) is 5.26 Å². The maximum atomic E-state index is 14.8. The molecular weight excluding hydrogens is 449 g/mol. The quantitative estimate of drug-likeness (QED) is 0.418. The molecule has 3 heterocycles. The Balaban J connectivity index is 1.72. The first-order chi connectivity index (χ1) is 16.9.